The van der Waals surface area contributed by atoms with Crippen LogP contribution in [0.15, 0.2) is 24.3 Å². The van der Waals surface area contributed by atoms with E-state index in [1.807, 2.05) is 34.1 Å². The normalized spacial score (nSPS) is 26.7. The molecule has 1 aromatic rings. The summed E-state index contributed by atoms with van der Waals surface area (Å²) < 4.78 is 0. The Bertz CT molecular complexity index is 691. The summed E-state index contributed by atoms with van der Waals surface area (Å²) in [6.07, 6.45) is 3.83. The van der Waals surface area contributed by atoms with Crippen molar-refractivity contribution in [2.24, 2.45) is 11.8 Å². The Morgan fingerprint density at radius 2 is 1.92 bits per heavy atom. The lowest BCUT2D eigenvalue weighted by Gasteiger charge is -2.41. The number of nitrogens with one attached hydrogen (secondary N) is 1. The third-order valence-electron chi connectivity index (χ3n) is 5.77. The van der Waals surface area contributed by atoms with Crippen molar-refractivity contribution in [3.8, 4) is 0 Å². The van der Waals surface area contributed by atoms with Crippen LogP contribution in [0.1, 0.15) is 37.3 Å². The van der Waals surface area contributed by atoms with Crippen LogP contribution in [-0.2, 0) is 9.59 Å². The minimum Gasteiger partial charge on any atom is -0.342 e. The second-order valence-electron chi connectivity index (χ2n) is 7.70. The lowest BCUT2D eigenvalue weighted by molar-refractivity contribution is -0.143. The quantitative estimate of drug-likeness (QED) is 0.883. The van der Waals surface area contributed by atoms with Gasteiger partial charge < -0.3 is 15.1 Å². The zero-order valence-corrected chi connectivity index (χ0v) is 15.8. The predicted octanol–water partition coefficient (Wildman–Crippen LogP) is 2.46. The highest BCUT2D eigenvalue weighted by atomic mass is 35.5. The molecule has 1 aliphatic carbocycles. The number of carbonyl (C=O) groups excluding carboxylic acids is 2. The zero-order valence-electron chi connectivity index (χ0n) is 15.0. The summed E-state index contributed by atoms with van der Waals surface area (Å²) in [5.74, 6) is 0.590. The van der Waals surface area contributed by atoms with Gasteiger partial charge in [0.15, 0.2) is 0 Å². The van der Waals surface area contributed by atoms with Gasteiger partial charge in [-0.1, -0.05) is 23.7 Å². The van der Waals surface area contributed by atoms with Crippen molar-refractivity contribution in [3.05, 3.63) is 34.9 Å². The van der Waals surface area contributed by atoms with Crippen molar-refractivity contribution < 1.29 is 9.59 Å². The van der Waals surface area contributed by atoms with Crippen molar-refractivity contribution >= 4 is 23.4 Å². The van der Waals surface area contributed by atoms with Gasteiger partial charge in [0.2, 0.25) is 11.8 Å². The predicted molar refractivity (Wildman–Crippen MR) is 101 cm³/mol. The van der Waals surface area contributed by atoms with Gasteiger partial charge in [-0.05, 0) is 43.4 Å². The number of amides is 2. The molecule has 2 aliphatic heterocycles. The third-order valence-corrected chi connectivity index (χ3v) is 6.00. The Kier molecular flexibility index (Phi) is 5.18. The van der Waals surface area contributed by atoms with Gasteiger partial charge in [-0.15, -0.1) is 0 Å². The molecule has 5 nitrogen and oxygen atoms in total. The van der Waals surface area contributed by atoms with Gasteiger partial charge in [-0.25, -0.2) is 0 Å². The molecule has 1 N–H and O–H groups in total. The molecule has 0 bridgehead atoms. The summed E-state index contributed by atoms with van der Waals surface area (Å²) in [6, 6.07) is 7.78. The number of rotatable bonds is 3. The van der Waals surface area contributed by atoms with Crippen LogP contribution >= 0.6 is 11.6 Å². The second kappa shape index (κ2) is 7.57. The fraction of sp³-hybridized carbons (Fsp3) is 0.600. The van der Waals surface area contributed by atoms with Crippen LogP contribution in [0, 0.1) is 11.8 Å². The SMILES string of the molecule is O=C(C1CC1)N1CCCC(C(=O)N2CCNCC2c2cccc(Cl)c2)C1. The maximum atomic E-state index is 13.3. The van der Waals surface area contributed by atoms with Gasteiger partial charge in [0.1, 0.15) is 0 Å². The highest BCUT2D eigenvalue weighted by Gasteiger charge is 2.39. The molecule has 1 saturated carbocycles. The average Bonchev–Trinajstić information content (AvgIpc) is 3.52. The largest absolute Gasteiger partial charge is 0.342 e. The molecule has 2 amide bonds. The summed E-state index contributed by atoms with van der Waals surface area (Å²) in [4.78, 5) is 29.6. The molecule has 2 atom stereocenters. The maximum Gasteiger partial charge on any atom is 0.228 e. The van der Waals surface area contributed by atoms with Gasteiger partial charge in [0.05, 0.1) is 12.0 Å². The van der Waals surface area contributed by atoms with Crippen LogP contribution in [0.2, 0.25) is 5.02 Å². The Balaban J connectivity index is 1.48. The highest BCUT2D eigenvalue weighted by Crippen LogP contribution is 2.33. The molecule has 4 rings (SSSR count). The molecule has 0 spiro atoms. The molecule has 6 heteroatoms. The molecule has 26 heavy (non-hydrogen) atoms. The van der Waals surface area contributed by atoms with E-state index in [-0.39, 0.29) is 29.7 Å². The Morgan fingerprint density at radius 1 is 1.08 bits per heavy atom. The van der Waals surface area contributed by atoms with Crippen LogP contribution in [0.5, 0.6) is 0 Å². The number of piperidine rings is 1. The average molecular weight is 376 g/mol. The van der Waals surface area contributed by atoms with E-state index < -0.39 is 0 Å². The summed E-state index contributed by atoms with van der Waals surface area (Å²) in [7, 11) is 0. The molecule has 3 aliphatic rings. The third kappa shape index (κ3) is 3.74. The minimum atomic E-state index is -0.0776. The van der Waals surface area contributed by atoms with Crippen molar-refractivity contribution in [1.82, 2.24) is 15.1 Å². The van der Waals surface area contributed by atoms with Crippen LogP contribution in [0.25, 0.3) is 0 Å². The summed E-state index contributed by atoms with van der Waals surface area (Å²) in [5, 5.41) is 4.08. The number of likely N-dealkylation sites (tertiary alicyclic amines) is 1. The van der Waals surface area contributed by atoms with E-state index in [0.29, 0.717) is 18.1 Å². The van der Waals surface area contributed by atoms with E-state index in [0.717, 1.165) is 50.9 Å². The second-order valence-corrected chi connectivity index (χ2v) is 8.14. The molecular formula is C20H26ClN3O2. The summed E-state index contributed by atoms with van der Waals surface area (Å²) >= 11 is 6.16. The Hall–Kier alpha value is -1.59. The highest BCUT2D eigenvalue weighted by molar-refractivity contribution is 6.30. The molecule has 0 aromatic heterocycles. The van der Waals surface area contributed by atoms with Crippen molar-refractivity contribution in [2.75, 3.05) is 32.7 Å². The lowest BCUT2D eigenvalue weighted by Crippen LogP contribution is -2.53. The summed E-state index contributed by atoms with van der Waals surface area (Å²) in [5.41, 5.74) is 1.07. The number of hydrogen-bond donors (Lipinski definition) is 1. The van der Waals surface area contributed by atoms with Crippen LogP contribution < -0.4 is 5.32 Å². The van der Waals surface area contributed by atoms with E-state index in [4.69, 9.17) is 11.6 Å². The van der Waals surface area contributed by atoms with Gasteiger partial charge in [0.25, 0.3) is 0 Å². The van der Waals surface area contributed by atoms with Crippen molar-refractivity contribution in [3.63, 3.8) is 0 Å². The number of hydrogen-bond acceptors (Lipinski definition) is 3. The van der Waals surface area contributed by atoms with Crippen molar-refractivity contribution in [1.29, 1.82) is 0 Å². The molecule has 3 fully saturated rings. The van der Waals surface area contributed by atoms with E-state index in [9.17, 15) is 9.59 Å². The number of nitrogens with zero attached hydrogens (tertiary/aromatic N) is 2. The number of carbonyl (C=O) groups is 2. The molecule has 1 aromatic carbocycles. The van der Waals surface area contributed by atoms with E-state index in [1.54, 1.807) is 0 Å². The van der Waals surface area contributed by atoms with Crippen LogP contribution in [0.3, 0.4) is 0 Å². The topological polar surface area (TPSA) is 52.7 Å². The van der Waals surface area contributed by atoms with Gasteiger partial charge >= 0.3 is 0 Å². The Morgan fingerprint density at radius 3 is 2.69 bits per heavy atom. The maximum absolute atomic E-state index is 13.3. The van der Waals surface area contributed by atoms with E-state index >= 15 is 0 Å². The monoisotopic (exact) mass is 375 g/mol. The molecule has 2 saturated heterocycles. The standard InChI is InChI=1S/C20H26ClN3O2/c21-17-5-1-3-15(11-17)18-12-22-8-10-24(18)20(26)16-4-2-9-23(13-16)19(25)14-6-7-14/h1,3,5,11,14,16,18,22H,2,4,6-10,12-13H2. The lowest BCUT2D eigenvalue weighted by atomic mass is 9.93. The fourth-order valence-corrected chi connectivity index (χ4v) is 4.38. The Labute approximate surface area is 159 Å². The molecule has 2 heterocycles. The molecular weight excluding hydrogens is 350 g/mol. The smallest absolute Gasteiger partial charge is 0.228 e. The zero-order chi connectivity index (χ0) is 18.1. The van der Waals surface area contributed by atoms with Gasteiger partial charge in [0, 0.05) is 43.7 Å². The van der Waals surface area contributed by atoms with Crippen molar-refractivity contribution in [2.45, 2.75) is 31.7 Å². The van der Waals surface area contributed by atoms with E-state index in [2.05, 4.69) is 5.32 Å². The first-order chi connectivity index (χ1) is 12.6. The first kappa shape index (κ1) is 17.8. The van der Waals surface area contributed by atoms with E-state index in [1.165, 1.54) is 0 Å². The van der Waals surface area contributed by atoms with Gasteiger partial charge in [-0.3, -0.25) is 9.59 Å². The minimum absolute atomic E-state index is 0.00413. The summed E-state index contributed by atoms with van der Waals surface area (Å²) in [6.45, 7) is 3.63. The fourth-order valence-electron chi connectivity index (χ4n) is 4.18. The first-order valence-electron chi connectivity index (χ1n) is 9.69. The number of benzene rings is 1. The molecule has 0 radical (unpaired) electrons. The number of halogens is 1. The molecule has 140 valence electrons. The molecule has 2 unspecified atom stereocenters. The van der Waals surface area contributed by atoms with Crippen LogP contribution in [0.4, 0.5) is 0 Å². The van der Waals surface area contributed by atoms with Gasteiger partial charge in [-0.2, -0.15) is 0 Å². The number of piperazine rings is 1. The first-order valence-corrected chi connectivity index (χ1v) is 10.1. The van der Waals surface area contributed by atoms with Crippen LogP contribution in [-0.4, -0.2) is 54.3 Å².